The molecule has 0 amide bonds. The van der Waals surface area contributed by atoms with Crippen molar-refractivity contribution in [2.45, 2.75) is 6.92 Å². The molecule has 0 atom stereocenters. The van der Waals surface area contributed by atoms with Crippen molar-refractivity contribution < 1.29 is 23.2 Å². The molecule has 0 aliphatic heterocycles. The number of halogens is 1. The maximum absolute atomic E-state index is 13.9. The third-order valence-corrected chi connectivity index (χ3v) is 5.69. The minimum absolute atomic E-state index is 0.259. The van der Waals surface area contributed by atoms with Crippen LogP contribution in [0.15, 0.2) is 83.5 Å². The fraction of sp³-hybridized carbons (Fsp3) is 0.0741. The van der Waals surface area contributed by atoms with Crippen LogP contribution >= 0.6 is 0 Å². The van der Waals surface area contributed by atoms with Gasteiger partial charge in [0, 0.05) is 28.4 Å². The van der Waals surface area contributed by atoms with Gasteiger partial charge in [0.05, 0.1) is 23.8 Å². The lowest BCUT2D eigenvalue weighted by atomic mass is 9.97. The maximum Gasteiger partial charge on any atom is 0.337 e. The van der Waals surface area contributed by atoms with Crippen LogP contribution in [0.1, 0.15) is 32.0 Å². The number of benzene rings is 3. The molecule has 0 N–H and O–H groups in total. The lowest BCUT2D eigenvalue weighted by molar-refractivity contribution is 0.0600. The molecule has 7 heteroatoms. The summed E-state index contributed by atoms with van der Waals surface area (Å²) in [4.78, 5) is 26.0. The van der Waals surface area contributed by atoms with Gasteiger partial charge in [-0.3, -0.25) is 4.79 Å². The van der Waals surface area contributed by atoms with Crippen LogP contribution in [-0.2, 0) is 4.74 Å². The molecule has 168 valence electrons. The summed E-state index contributed by atoms with van der Waals surface area (Å²) in [5.41, 5.74) is 3.23. The largest absolute Gasteiger partial charge is 0.465 e. The van der Waals surface area contributed by atoms with E-state index in [0.717, 1.165) is 5.69 Å². The molecule has 5 rings (SSSR count). The van der Waals surface area contributed by atoms with Gasteiger partial charge in [-0.05, 0) is 43.3 Å². The Kier molecular flexibility index (Phi) is 5.30. The van der Waals surface area contributed by atoms with Gasteiger partial charge < -0.3 is 13.8 Å². The highest BCUT2D eigenvalue weighted by atomic mass is 19.1. The van der Waals surface area contributed by atoms with Gasteiger partial charge in [-0.2, -0.15) is 0 Å². The Morgan fingerprint density at radius 3 is 2.53 bits per heavy atom. The molecule has 0 radical (unpaired) electrons. The Balaban J connectivity index is 1.72. The number of ketones is 1. The van der Waals surface area contributed by atoms with E-state index in [4.69, 9.17) is 9.26 Å². The van der Waals surface area contributed by atoms with E-state index in [-0.39, 0.29) is 17.0 Å². The lowest BCUT2D eigenvalue weighted by Crippen LogP contribution is -2.04. The first kappa shape index (κ1) is 21.3. The van der Waals surface area contributed by atoms with Crippen molar-refractivity contribution in [3.8, 4) is 16.9 Å². The van der Waals surface area contributed by atoms with Crippen molar-refractivity contribution in [3.05, 3.63) is 107 Å². The SMILES string of the molecule is COC(=O)c1ccc2c(C(=O)c3c(-c4cccc(F)c4)noc3C)cn(-c3ccccc3)c2c1. The molecule has 3 aromatic carbocycles. The summed E-state index contributed by atoms with van der Waals surface area (Å²) in [5.74, 6) is -0.897. The first-order valence-electron chi connectivity index (χ1n) is 10.5. The van der Waals surface area contributed by atoms with Crippen LogP contribution in [-0.4, -0.2) is 28.6 Å². The van der Waals surface area contributed by atoms with Gasteiger partial charge in [0.15, 0.2) is 0 Å². The standard InChI is InChI=1S/C27H19FN2O4/c1-16-24(25(29-34-16)17-7-6-8-19(28)13-17)26(31)22-15-30(20-9-4-3-5-10-20)23-14-18(27(32)33-2)11-12-21(22)23/h3-15H,1-2H3. The van der Waals surface area contributed by atoms with E-state index < -0.39 is 11.8 Å². The van der Waals surface area contributed by atoms with Crippen molar-refractivity contribution in [1.29, 1.82) is 0 Å². The topological polar surface area (TPSA) is 74.3 Å². The van der Waals surface area contributed by atoms with Crippen LogP contribution in [0.25, 0.3) is 27.8 Å². The quantitative estimate of drug-likeness (QED) is 0.250. The molecule has 2 heterocycles. The number of hydrogen-bond acceptors (Lipinski definition) is 5. The molecule has 0 aliphatic carbocycles. The van der Waals surface area contributed by atoms with Crippen molar-refractivity contribution in [2.75, 3.05) is 7.11 Å². The number of aromatic nitrogens is 2. The van der Waals surface area contributed by atoms with Gasteiger partial charge in [-0.1, -0.05) is 41.6 Å². The number of aryl methyl sites for hydroxylation is 1. The van der Waals surface area contributed by atoms with Gasteiger partial charge in [-0.25, -0.2) is 9.18 Å². The average molecular weight is 454 g/mol. The zero-order valence-electron chi connectivity index (χ0n) is 18.4. The minimum atomic E-state index is -0.473. The number of fused-ring (bicyclic) bond motifs is 1. The van der Waals surface area contributed by atoms with Gasteiger partial charge in [0.25, 0.3) is 0 Å². The Labute approximate surface area is 194 Å². The second kappa shape index (κ2) is 8.44. The molecule has 0 fully saturated rings. The summed E-state index contributed by atoms with van der Waals surface area (Å²) in [6, 6.07) is 20.4. The van der Waals surface area contributed by atoms with Crippen molar-refractivity contribution in [1.82, 2.24) is 9.72 Å². The monoisotopic (exact) mass is 454 g/mol. The molecular weight excluding hydrogens is 435 g/mol. The van der Waals surface area contributed by atoms with E-state index in [1.54, 1.807) is 43.5 Å². The van der Waals surface area contributed by atoms with Crippen molar-refractivity contribution in [3.63, 3.8) is 0 Å². The third-order valence-electron chi connectivity index (χ3n) is 5.69. The summed E-state index contributed by atoms with van der Waals surface area (Å²) < 4.78 is 25.9. The summed E-state index contributed by atoms with van der Waals surface area (Å²) >= 11 is 0. The van der Waals surface area contributed by atoms with Gasteiger partial charge in [-0.15, -0.1) is 0 Å². The van der Waals surface area contributed by atoms with Crippen LogP contribution in [0.3, 0.4) is 0 Å². The molecule has 0 bridgehead atoms. The summed E-state index contributed by atoms with van der Waals surface area (Å²) in [6.45, 7) is 1.65. The van der Waals surface area contributed by atoms with Crippen LogP contribution in [0.4, 0.5) is 4.39 Å². The first-order valence-corrected chi connectivity index (χ1v) is 10.5. The van der Waals surface area contributed by atoms with Crippen LogP contribution in [0.5, 0.6) is 0 Å². The lowest BCUT2D eigenvalue weighted by Gasteiger charge is -2.06. The number of carbonyl (C=O) groups is 2. The molecule has 0 saturated heterocycles. The van der Waals surface area contributed by atoms with E-state index in [9.17, 15) is 14.0 Å². The fourth-order valence-electron chi connectivity index (χ4n) is 4.06. The van der Waals surface area contributed by atoms with Gasteiger partial charge in [0.1, 0.15) is 17.3 Å². The highest BCUT2D eigenvalue weighted by Gasteiger charge is 2.26. The number of carbonyl (C=O) groups excluding carboxylic acids is 2. The van der Waals surface area contributed by atoms with E-state index in [1.165, 1.54) is 19.2 Å². The minimum Gasteiger partial charge on any atom is -0.465 e. The Morgan fingerprint density at radius 2 is 1.79 bits per heavy atom. The second-order valence-electron chi connectivity index (χ2n) is 7.77. The number of hydrogen-bond donors (Lipinski definition) is 0. The maximum atomic E-state index is 13.9. The number of esters is 1. The molecule has 5 aromatic rings. The van der Waals surface area contributed by atoms with E-state index >= 15 is 0 Å². The highest BCUT2D eigenvalue weighted by molar-refractivity contribution is 6.19. The molecular formula is C27H19FN2O4. The fourth-order valence-corrected chi connectivity index (χ4v) is 4.06. The normalized spacial score (nSPS) is 11.0. The third kappa shape index (κ3) is 3.57. The van der Waals surface area contributed by atoms with Crippen molar-refractivity contribution >= 4 is 22.7 Å². The van der Waals surface area contributed by atoms with Crippen LogP contribution in [0.2, 0.25) is 0 Å². The predicted octanol–water partition coefficient (Wildman–Crippen LogP) is 5.75. The van der Waals surface area contributed by atoms with Crippen LogP contribution < -0.4 is 0 Å². The number of ether oxygens (including phenoxy) is 1. The average Bonchev–Trinajstić information content (AvgIpc) is 3.44. The summed E-state index contributed by atoms with van der Waals surface area (Å²) in [6.07, 6.45) is 1.73. The van der Waals surface area contributed by atoms with E-state index in [1.807, 2.05) is 34.9 Å². The number of para-hydroxylation sites is 1. The van der Waals surface area contributed by atoms with E-state index in [2.05, 4.69) is 5.16 Å². The Morgan fingerprint density at radius 1 is 1.00 bits per heavy atom. The first-order chi connectivity index (χ1) is 16.5. The summed E-state index contributed by atoms with van der Waals surface area (Å²) in [5, 5.41) is 4.68. The number of nitrogens with zero attached hydrogens (tertiary/aromatic N) is 2. The zero-order chi connectivity index (χ0) is 23.8. The highest BCUT2D eigenvalue weighted by Crippen LogP contribution is 2.32. The number of rotatable bonds is 5. The molecule has 2 aromatic heterocycles. The zero-order valence-corrected chi connectivity index (χ0v) is 18.4. The molecule has 0 saturated carbocycles. The molecule has 0 unspecified atom stereocenters. The van der Waals surface area contributed by atoms with Gasteiger partial charge >= 0.3 is 5.97 Å². The molecule has 34 heavy (non-hydrogen) atoms. The van der Waals surface area contributed by atoms with Crippen molar-refractivity contribution in [2.24, 2.45) is 0 Å². The molecule has 0 spiro atoms. The smallest absolute Gasteiger partial charge is 0.337 e. The molecule has 0 aliphatic rings. The van der Waals surface area contributed by atoms with Gasteiger partial charge in [0.2, 0.25) is 5.78 Å². The van der Waals surface area contributed by atoms with E-state index in [0.29, 0.717) is 33.4 Å². The predicted molar refractivity (Wildman–Crippen MR) is 125 cm³/mol. The summed E-state index contributed by atoms with van der Waals surface area (Å²) in [7, 11) is 1.32. The number of methoxy groups -OCH3 is 1. The Bertz CT molecular complexity index is 1550. The second-order valence-corrected chi connectivity index (χ2v) is 7.77. The molecule has 6 nitrogen and oxygen atoms in total. The van der Waals surface area contributed by atoms with Crippen LogP contribution in [0, 0.1) is 12.7 Å². The Hall–Kier alpha value is -4.52.